The van der Waals surface area contributed by atoms with Gasteiger partial charge in [0, 0.05) is 5.56 Å². The van der Waals surface area contributed by atoms with Gasteiger partial charge in [-0.3, -0.25) is 4.79 Å². The zero-order valence-electron chi connectivity index (χ0n) is 10.2. The highest BCUT2D eigenvalue weighted by atomic mass is 32.2. The van der Waals surface area contributed by atoms with Gasteiger partial charge in [0.25, 0.3) is 0 Å². The fourth-order valence-electron chi connectivity index (χ4n) is 1.41. The molecule has 0 bridgehead atoms. The molecule has 0 spiro atoms. The van der Waals surface area contributed by atoms with Crippen molar-refractivity contribution in [3.05, 3.63) is 29.8 Å². The van der Waals surface area contributed by atoms with Gasteiger partial charge in [0.1, 0.15) is 13.1 Å². The van der Waals surface area contributed by atoms with Crippen molar-refractivity contribution in [2.45, 2.75) is 11.8 Å². The number of nitriles is 2. The predicted octanol–water partition coefficient (Wildman–Crippen LogP) is 0.927. The summed E-state index contributed by atoms with van der Waals surface area (Å²) in [7, 11) is -3.95. The molecule has 19 heavy (non-hydrogen) atoms. The number of hydrogen-bond donors (Lipinski definition) is 0. The van der Waals surface area contributed by atoms with Crippen molar-refractivity contribution >= 4 is 15.8 Å². The normalized spacial score (nSPS) is 10.7. The van der Waals surface area contributed by atoms with Gasteiger partial charge in [-0.05, 0) is 19.1 Å². The first-order valence-electron chi connectivity index (χ1n) is 5.28. The number of benzene rings is 1. The Morgan fingerprint density at radius 2 is 1.84 bits per heavy atom. The molecule has 0 saturated heterocycles. The maximum atomic E-state index is 12.2. The summed E-state index contributed by atoms with van der Waals surface area (Å²) < 4.78 is 25.2. The molecule has 0 atom stereocenters. The molecule has 98 valence electrons. The molecular weight excluding hydrogens is 266 g/mol. The largest absolute Gasteiger partial charge is 0.295 e. The van der Waals surface area contributed by atoms with E-state index in [1.54, 1.807) is 12.1 Å². The molecule has 6 nitrogen and oxygen atoms in total. The molecule has 0 N–H and O–H groups in total. The van der Waals surface area contributed by atoms with Crippen LogP contribution in [0.2, 0.25) is 0 Å². The first kappa shape index (κ1) is 14.8. The second kappa shape index (κ2) is 6.10. The third kappa shape index (κ3) is 3.38. The quantitative estimate of drug-likeness (QED) is 0.588. The van der Waals surface area contributed by atoms with Crippen LogP contribution in [-0.4, -0.2) is 31.6 Å². The number of carbonyl (C=O) groups excluding carboxylic acids is 1. The van der Waals surface area contributed by atoms with Crippen LogP contribution in [-0.2, 0) is 10.0 Å². The van der Waals surface area contributed by atoms with Crippen LogP contribution in [0.25, 0.3) is 0 Å². The smallest absolute Gasteiger partial charge is 0.244 e. The van der Waals surface area contributed by atoms with Crippen molar-refractivity contribution in [1.29, 1.82) is 10.5 Å². The number of ketones is 1. The fraction of sp³-hybridized carbons (Fsp3) is 0.250. The van der Waals surface area contributed by atoms with Gasteiger partial charge in [-0.2, -0.15) is 14.8 Å². The highest BCUT2D eigenvalue weighted by Gasteiger charge is 2.24. The standard InChI is InChI=1S/C12H11N3O3S/c1-10(16)11-3-2-4-12(9-11)19(17,18)15(7-5-13)8-6-14/h2-4,9H,7-8H2,1H3. The SMILES string of the molecule is CC(=O)c1cccc(S(=O)(=O)N(CC#N)CC#N)c1. The lowest BCUT2D eigenvalue weighted by Crippen LogP contribution is -2.32. The van der Waals surface area contributed by atoms with Crippen LogP contribution in [0, 0.1) is 22.7 Å². The van der Waals surface area contributed by atoms with E-state index in [0.29, 0.717) is 0 Å². The number of carbonyl (C=O) groups is 1. The van der Waals surface area contributed by atoms with E-state index in [4.69, 9.17) is 10.5 Å². The molecule has 0 amide bonds. The average molecular weight is 277 g/mol. The molecule has 1 aromatic carbocycles. The molecule has 0 aromatic heterocycles. The number of sulfonamides is 1. The van der Waals surface area contributed by atoms with Gasteiger partial charge in [-0.1, -0.05) is 12.1 Å². The van der Waals surface area contributed by atoms with Crippen LogP contribution >= 0.6 is 0 Å². The Kier molecular flexibility index (Phi) is 4.76. The molecule has 0 aliphatic rings. The fourth-order valence-corrected chi connectivity index (χ4v) is 2.69. The second-order valence-electron chi connectivity index (χ2n) is 3.67. The number of Topliss-reactive ketones (excluding diaryl/α,β-unsaturated/α-hetero) is 1. The van der Waals surface area contributed by atoms with Crippen molar-refractivity contribution in [2.75, 3.05) is 13.1 Å². The summed E-state index contributed by atoms with van der Waals surface area (Å²) >= 11 is 0. The van der Waals surface area contributed by atoms with Gasteiger partial charge >= 0.3 is 0 Å². The summed E-state index contributed by atoms with van der Waals surface area (Å²) in [4.78, 5) is 11.1. The molecule has 0 fully saturated rings. The van der Waals surface area contributed by atoms with Gasteiger partial charge in [-0.25, -0.2) is 8.42 Å². The predicted molar refractivity (Wildman–Crippen MR) is 66.4 cm³/mol. The van der Waals surface area contributed by atoms with Crippen LogP contribution < -0.4 is 0 Å². The molecule has 0 unspecified atom stereocenters. The zero-order valence-corrected chi connectivity index (χ0v) is 11.0. The topological polar surface area (TPSA) is 102 Å². The van der Waals surface area contributed by atoms with E-state index in [9.17, 15) is 13.2 Å². The molecule has 0 radical (unpaired) electrons. The molecule has 7 heteroatoms. The van der Waals surface area contributed by atoms with E-state index in [0.717, 1.165) is 4.31 Å². The Morgan fingerprint density at radius 1 is 1.26 bits per heavy atom. The minimum Gasteiger partial charge on any atom is -0.295 e. The summed E-state index contributed by atoms with van der Waals surface area (Å²) in [6, 6.07) is 8.89. The van der Waals surface area contributed by atoms with Crippen molar-refractivity contribution in [3.63, 3.8) is 0 Å². The van der Waals surface area contributed by atoms with Gasteiger partial charge in [0.2, 0.25) is 10.0 Å². The number of nitrogens with zero attached hydrogens (tertiary/aromatic N) is 3. The van der Waals surface area contributed by atoms with Crippen LogP contribution in [0.3, 0.4) is 0 Å². The second-order valence-corrected chi connectivity index (χ2v) is 5.61. The molecule has 1 aromatic rings. The molecule has 0 saturated carbocycles. The highest BCUT2D eigenvalue weighted by Crippen LogP contribution is 2.17. The number of hydrogen-bond acceptors (Lipinski definition) is 5. The Hall–Kier alpha value is -2.22. The summed E-state index contributed by atoms with van der Waals surface area (Å²) in [6.45, 7) is 0.494. The van der Waals surface area contributed by atoms with Crippen LogP contribution in [0.15, 0.2) is 29.2 Å². The van der Waals surface area contributed by atoms with Gasteiger partial charge in [0.05, 0.1) is 17.0 Å². The number of rotatable bonds is 5. The monoisotopic (exact) mass is 277 g/mol. The Morgan fingerprint density at radius 3 is 2.32 bits per heavy atom. The van der Waals surface area contributed by atoms with Crippen molar-refractivity contribution in [2.24, 2.45) is 0 Å². The first-order valence-corrected chi connectivity index (χ1v) is 6.72. The lowest BCUT2D eigenvalue weighted by Gasteiger charge is -2.16. The highest BCUT2D eigenvalue weighted by molar-refractivity contribution is 7.89. The Bertz CT molecular complexity index is 652. The third-order valence-corrected chi connectivity index (χ3v) is 4.16. The van der Waals surface area contributed by atoms with E-state index >= 15 is 0 Å². The Balaban J connectivity index is 3.26. The minimum atomic E-state index is -3.95. The van der Waals surface area contributed by atoms with E-state index < -0.39 is 23.1 Å². The first-order chi connectivity index (χ1) is 8.93. The van der Waals surface area contributed by atoms with E-state index in [-0.39, 0.29) is 16.2 Å². The maximum Gasteiger partial charge on any atom is 0.244 e. The molecular formula is C12H11N3O3S. The van der Waals surface area contributed by atoms with E-state index in [1.165, 1.54) is 31.2 Å². The van der Waals surface area contributed by atoms with Crippen LogP contribution in [0.1, 0.15) is 17.3 Å². The van der Waals surface area contributed by atoms with Crippen LogP contribution in [0.4, 0.5) is 0 Å². The summed E-state index contributed by atoms with van der Waals surface area (Å²) in [6.07, 6.45) is 0. The lowest BCUT2D eigenvalue weighted by molar-refractivity contribution is 0.101. The van der Waals surface area contributed by atoms with Crippen molar-refractivity contribution in [1.82, 2.24) is 4.31 Å². The van der Waals surface area contributed by atoms with Crippen molar-refractivity contribution in [3.8, 4) is 12.1 Å². The minimum absolute atomic E-state index is 0.106. The van der Waals surface area contributed by atoms with Crippen LogP contribution in [0.5, 0.6) is 0 Å². The molecule has 0 aliphatic heterocycles. The van der Waals surface area contributed by atoms with Gasteiger partial charge in [0.15, 0.2) is 5.78 Å². The van der Waals surface area contributed by atoms with Gasteiger partial charge < -0.3 is 0 Å². The maximum absolute atomic E-state index is 12.2. The van der Waals surface area contributed by atoms with Crippen molar-refractivity contribution < 1.29 is 13.2 Å². The molecule has 1 rings (SSSR count). The third-order valence-electron chi connectivity index (χ3n) is 2.37. The molecule has 0 heterocycles. The van der Waals surface area contributed by atoms with Gasteiger partial charge in [-0.15, -0.1) is 0 Å². The van der Waals surface area contributed by atoms with E-state index in [2.05, 4.69) is 0 Å². The zero-order chi connectivity index (χ0) is 14.5. The molecule has 0 aliphatic carbocycles. The summed E-state index contributed by atoms with van der Waals surface area (Å²) in [5.74, 6) is -0.260. The van der Waals surface area contributed by atoms with E-state index in [1.807, 2.05) is 0 Å². The lowest BCUT2D eigenvalue weighted by atomic mass is 10.2. The average Bonchev–Trinajstić information content (AvgIpc) is 2.38. The summed E-state index contributed by atoms with van der Waals surface area (Å²) in [5.41, 5.74) is 0.259. The Labute approximate surface area is 111 Å². The summed E-state index contributed by atoms with van der Waals surface area (Å²) in [5, 5.41) is 17.2.